The van der Waals surface area contributed by atoms with E-state index in [0.29, 0.717) is 0 Å². The van der Waals surface area contributed by atoms with Gasteiger partial charge in [-0.3, -0.25) is 9.59 Å². The van der Waals surface area contributed by atoms with Crippen molar-refractivity contribution in [2.45, 2.75) is 13.0 Å². The molecule has 0 aliphatic rings. The Morgan fingerprint density at radius 1 is 1.16 bits per heavy atom. The van der Waals surface area contributed by atoms with Crippen LogP contribution in [0.4, 0.5) is 0 Å². The number of nitrogens with zero attached hydrogens (tertiary/aromatic N) is 1. The zero-order chi connectivity index (χ0) is 17.5. The number of furan rings is 1. The van der Waals surface area contributed by atoms with Crippen molar-refractivity contribution >= 4 is 23.2 Å². The second kappa shape index (κ2) is 8.25. The van der Waals surface area contributed by atoms with Gasteiger partial charge in [-0.25, -0.2) is 4.98 Å². The number of benzene rings is 1. The lowest BCUT2D eigenvalue weighted by atomic mass is 10.2. The fraction of sp³-hybridized carbons (Fsp3) is 0.167. The van der Waals surface area contributed by atoms with Crippen LogP contribution in [0, 0.1) is 0 Å². The summed E-state index contributed by atoms with van der Waals surface area (Å²) in [7, 11) is 0. The van der Waals surface area contributed by atoms with Crippen LogP contribution >= 0.6 is 11.3 Å². The molecule has 25 heavy (non-hydrogen) atoms. The molecular formula is C18H16N2O4S. The van der Waals surface area contributed by atoms with Gasteiger partial charge in [0.05, 0.1) is 17.6 Å². The maximum atomic E-state index is 11.7. The van der Waals surface area contributed by atoms with E-state index in [-0.39, 0.29) is 37.2 Å². The summed E-state index contributed by atoms with van der Waals surface area (Å²) in [5.41, 5.74) is 1.03. The van der Waals surface area contributed by atoms with Gasteiger partial charge in [-0.2, -0.15) is 0 Å². The molecule has 2 heterocycles. The number of ether oxygens (including phenoxy) is 1. The first-order chi connectivity index (χ1) is 12.2. The minimum absolute atomic E-state index is 0.0940. The van der Waals surface area contributed by atoms with Crippen LogP contribution in [0.1, 0.15) is 21.9 Å². The number of esters is 1. The Kier molecular flexibility index (Phi) is 5.58. The third-order valence-electron chi connectivity index (χ3n) is 3.31. The van der Waals surface area contributed by atoms with Crippen LogP contribution in [0.25, 0.3) is 10.6 Å². The van der Waals surface area contributed by atoms with Gasteiger partial charge in [-0.15, -0.1) is 11.3 Å². The Bertz CT molecular complexity index is 828. The van der Waals surface area contributed by atoms with E-state index in [9.17, 15) is 9.59 Å². The predicted molar refractivity (Wildman–Crippen MR) is 93.0 cm³/mol. The van der Waals surface area contributed by atoms with Crippen molar-refractivity contribution in [1.82, 2.24) is 10.3 Å². The molecule has 3 aromatic rings. The van der Waals surface area contributed by atoms with Crippen molar-refractivity contribution in [3.05, 3.63) is 65.6 Å². The summed E-state index contributed by atoms with van der Waals surface area (Å²) in [6.45, 7) is 0.367. The molecule has 0 aliphatic heterocycles. The second-order valence-corrected chi connectivity index (χ2v) is 6.26. The molecule has 0 aliphatic carbocycles. The van der Waals surface area contributed by atoms with Crippen molar-refractivity contribution in [2.24, 2.45) is 0 Å². The molecule has 1 amide bonds. The molecule has 0 saturated heterocycles. The second-order valence-electron chi connectivity index (χ2n) is 5.14. The van der Waals surface area contributed by atoms with Gasteiger partial charge < -0.3 is 14.5 Å². The Balaban J connectivity index is 1.41. The summed E-state index contributed by atoms with van der Waals surface area (Å²) in [6.07, 6.45) is 3.22. The van der Waals surface area contributed by atoms with Crippen LogP contribution in [0.5, 0.6) is 0 Å². The molecule has 0 unspecified atom stereocenters. The molecule has 0 atom stereocenters. The Labute approximate surface area is 148 Å². The van der Waals surface area contributed by atoms with Gasteiger partial charge in [0.25, 0.3) is 5.91 Å². The minimum atomic E-state index is -0.380. The molecule has 0 radical (unpaired) electrons. The minimum Gasteiger partial charge on any atom is -0.460 e. The van der Waals surface area contributed by atoms with E-state index in [1.54, 1.807) is 18.3 Å². The molecule has 0 fully saturated rings. The SMILES string of the molecule is O=C(CCNC(=O)c1ccco1)OCc1cnc(-c2ccccc2)s1. The Morgan fingerprint density at radius 2 is 2.00 bits per heavy atom. The lowest BCUT2D eigenvalue weighted by molar-refractivity contribution is -0.144. The Hall–Kier alpha value is -2.93. The van der Waals surface area contributed by atoms with Gasteiger partial charge in [0.15, 0.2) is 5.76 Å². The van der Waals surface area contributed by atoms with E-state index in [1.807, 2.05) is 30.3 Å². The quantitative estimate of drug-likeness (QED) is 0.657. The van der Waals surface area contributed by atoms with Gasteiger partial charge >= 0.3 is 5.97 Å². The smallest absolute Gasteiger partial charge is 0.307 e. The number of carbonyl (C=O) groups excluding carboxylic acids is 2. The molecule has 0 spiro atoms. The third kappa shape index (κ3) is 4.77. The number of hydrogen-bond acceptors (Lipinski definition) is 6. The standard InChI is InChI=1S/C18H16N2O4S/c21-16(8-9-19-17(22)15-7-4-10-23-15)24-12-14-11-20-18(25-14)13-5-2-1-3-6-13/h1-7,10-11H,8-9,12H2,(H,19,22). The van der Waals surface area contributed by atoms with Crippen LogP contribution in [-0.4, -0.2) is 23.4 Å². The largest absolute Gasteiger partial charge is 0.460 e. The highest BCUT2D eigenvalue weighted by molar-refractivity contribution is 7.15. The van der Waals surface area contributed by atoms with Gasteiger partial charge in [0.1, 0.15) is 11.6 Å². The van der Waals surface area contributed by atoms with E-state index < -0.39 is 0 Å². The summed E-state index contributed by atoms with van der Waals surface area (Å²) >= 11 is 1.48. The van der Waals surface area contributed by atoms with Gasteiger partial charge in [-0.1, -0.05) is 30.3 Å². The molecule has 1 aromatic carbocycles. The maximum absolute atomic E-state index is 11.7. The van der Waals surface area contributed by atoms with Crippen LogP contribution in [0.2, 0.25) is 0 Å². The van der Waals surface area contributed by atoms with Gasteiger partial charge in [-0.05, 0) is 12.1 Å². The lowest BCUT2D eigenvalue weighted by Gasteiger charge is -2.04. The first kappa shape index (κ1) is 16.9. The lowest BCUT2D eigenvalue weighted by Crippen LogP contribution is -2.26. The van der Waals surface area contributed by atoms with Gasteiger partial charge in [0, 0.05) is 18.3 Å². The molecule has 128 valence electrons. The highest BCUT2D eigenvalue weighted by Gasteiger charge is 2.10. The molecule has 6 nitrogen and oxygen atoms in total. The van der Waals surface area contributed by atoms with Crippen LogP contribution in [0.15, 0.2) is 59.3 Å². The first-order valence-corrected chi connectivity index (χ1v) is 8.51. The zero-order valence-corrected chi connectivity index (χ0v) is 14.1. The predicted octanol–water partition coefficient (Wildman–Crippen LogP) is 3.27. The highest BCUT2D eigenvalue weighted by atomic mass is 32.1. The van der Waals surface area contributed by atoms with E-state index in [0.717, 1.165) is 15.4 Å². The number of carbonyl (C=O) groups is 2. The van der Waals surface area contributed by atoms with E-state index in [2.05, 4.69) is 10.3 Å². The van der Waals surface area contributed by atoms with Crippen molar-refractivity contribution in [2.75, 3.05) is 6.54 Å². The summed E-state index contributed by atoms with van der Waals surface area (Å²) in [6, 6.07) is 13.0. The molecule has 1 N–H and O–H groups in total. The van der Waals surface area contributed by atoms with E-state index in [1.165, 1.54) is 17.6 Å². The number of thiazole rings is 1. The number of amides is 1. The van der Waals surface area contributed by atoms with Crippen molar-refractivity contribution in [3.63, 3.8) is 0 Å². The first-order valence-electron chi connectivity index (χ1n) is 7.70. The average molecular weight is 356 g/mol. The average Bonchev–Trinajstić information content (AvgIpc) is 3.32. The molecule has 7 heteroatoms. The topological polar surface area (TPSA) is 81.4 Å². The molecule has 3 rings (SSSR count). The molecule has 0 saturated carbocycles. The number of rotatable bonds is 7. The highest BCUT2D eigenvalue weighted by Crippen LogP contribution is 2.25. The fourth-order valence-electron chi connectivity index (χ4n) is 2.09. The maximum Gasteiger partial charge on any atom is 0.307 e. The third-order valence-corrected chi connectivity index (χ3v) is 4.33. The van der Waals surface area contributed by atoms with Crippen molar-refractivity contribution in [3.8, 4) is 10.6 Å². The van der Waals surface area contributed by atoms with Crippen molar-refractivity contribution in [1.29, 1.82) is 0 Å². The van der Waals surface area contributed by atoms with Crippen LogP contribution in [0.3, 0.4) is 0 Å². The molecule has 0 bridgehead atoms. The molecule has 2 aromatic heterocycles. The van der Waals surface area contributed by atoms with Crippen LogP contribution < -0.4 is 5.32 Å². The van der Waals surface area contributed by atoms with E-state index in [4.69, 9.17) is 9.15 Å². The normalized spacial score (nSPS) is 10.4. The number of nitrogens with one attached hydrogen (secondary N) is 1. The van der Waals surface area contributed by atoms with E-state index >= 15 is 0 Å². The molecular weight excluding hydrogens is 340 g/mol. The summed E-state index contributed by atoms with van der Waals surface area (Å²) < 4.78 is 10.2. The summed E-state index contributed by atoms with van der Waals surface area (Å²) in [5, 5.41) is 3.48. The van der Waals surface area contributed by atoms with Crippen molar-refractivity contribution < 1.29 is 18.7 Å². The fourth-order valence-corrected chi connectivity index (χ4v) is 2.92. The zero-order valence-electron chi connectivity index (χ0n) is 13.3. The van der Waals surface area contributed by atoms with Gasteiger partial charge in [0.2, 0.25) is 0 Å². The number of aromatic nitrogens is 1. The number of hydrogen-bond donors (Lipinski definition) is 1. The monoisotopic (exact) mass is 356 g/mol. The van der Waals surface area contributed by atoms with Crippen LogP contribution in [-0.2, 0) is 16.1 Å². The Morgan fingerprint density at radius 3 is 2.76 bits per heavy atom. The summed E-state index contributed by atoms with van der Waals surface area (Å²) in [4.78, 5) is 28.6. The summed E-state index contributed by atoms with van der Waals surface area (Å²) in [5.74, 6) is -0.520.